The second kappa shape index (κ2) is 8.32. The highest BCUT2D eigenvalue weighted by atomic mass is 16.2. The van der Waals surface area contributed by atoms with Crippen LogP contribution < -0.4 is 15.1 Å². The summed E-state index contributed by atoms with van der Waals surface area (Å²) in [6, 6.07) is 9.51. The van der Waals surface area contributed by atoms with Crippen molar-refractivity contribution >= 4 is 17.5 Å². The molecule has 1 aromatic carbocycles. The lowest BCUT2D eigenvalue weighted by Crippen LogP contribution is -3.14. The average molecular weight is 278 g/mol. The maximum atomic E-state index is 12.2. The van der Waals surface area contributed by atoms with Gasteiger partial charge in [0.2, 0.25) is 0 Å². The molecule has 0 aromatic heterocycles. The Bertz CT molecular complexity index is 434. The fourth-order valence-corrected chi connectivity index (χ4v) is 1.93. The summed E-state index contributed by atoms with van der Waals surface area (Å²) in [7, 11) is 1.76. The number of rotatable bonds is 7. The molecule has 110 valence electrons. The lowest BCUT2D eigenvalue weighted by Gasteiger charge is -2.21. The number of quaternary nitrogens is 1. The van der Waals surface area contributed by atoms with Crippen LogP contribution in [0.1, 0.15) is 13.8 Å². The van der Waals surface area contributed by atoms with E-state index in [9.17, 15) is 9.59 Å². The van der Waals surface area contributed by atoms with Crippen molar-refractivity contribution in [1.29, 1.82) is 0 Å². The Labute approximate surface area is 120 Å². The first kappa shape index (κ1) is 16.2. The zero-order valence-corrected chi connectivity index (χ0v) is 12.5. The first-order valence-corrected chi connectivity index (χ1v) is 7.00. The van der Waals surface area contributed by atoms with Crippen molar-refractivity contribution in [2.24, 2.45) is 0 Å². The van der Waals surface area contributed by atoms with E-state index >= 15 is 0 Å². The lowest BCUT2D eigenvalue weighted by atomic mass is 10.3. The molecule has 0 saturated heterocycles. The zero-order valence-electron chi connectivity index (χ0n) is 12.5. The third kappa shape index (κ3) is 5.01. The maximum Gasteiger partial charge on any atom is 0.281 e. The summed E-state index contributed by atoms with van der Waals surface area (Å²) in [5.41, 5.74) is 0.867. The molecule has 0 spiro atoms. The minimum absolute atomic E-state index is 0.0114. The van der Waals surface area contributed by atoms with Crippen molar-refractivity contribution < 1.29 is 14.5 Å². The van der Waals surface area contributed by atoms with E-state index in [1.807, 2.05) is 44.2 Å². The molecule has 0 aliphatic heterocycles. The van der Waals surface area contributed by atoms with Gasteiger partial charge in [0.15, 0.2) is 13.1 Å². The van der Waals surface area contributed by atoms with E-state index in [1.54, 1.807) is 11.9 Å². The van der Waals surface area contributed by atoms with Gasteiger partial charge in [-0.1, -0.05) is 18.2 Å². The molecule has 0 heterocycles. The van der Waals surface area contributed by atoms with Gasteiger partial charge in [0.1, 0.15) is 0 Å². The van der Waals surface area contributed by atoms with Gasteiger partial charge in [-0.25, -0.2) is 0 Å². The van der Waals surface area contributed by atoms with Crippen LogP contribution in [0.3, 0.4) is 0 Å². The molecule has 20 heavy (non-hydrogen) atoms. The summed E-state index contributed by atoms with van der Waals surface area (Å²) in [4.78, 5) is 26.4. The van der Waals surface area contributed by atoms with E-state index in [0.29, 0.717) is 19.6 Å². The van der Waals surface area contributed by atoms with Gasteiger partial charge in [-0.3, -0.25) is 9.59 Å². The zero-order chi connectivity index (χ0) is 15.0. The van der Waals surface area contributed by atoms with Crippen LogP contribution >= 0.6 is 0 Å². The topological polar surface area (TPSA) is 53.9 Å². The summed E-state index contributed by atoms with van der Waals surface area (Å²) in [6.07, 6.45) is 0. The number of carbonyl (C=O) groups excluding carboxylic acids is 2. The standard InChI is InChI=1S/C15H23N3O2/c1-4-16-14(19)11-18(5-2)12-15(20)17(3)13-9-7-6-8-10-13/h6-10H,4-5,11-12H2,1-3H3,(H,16,19)/p+1. The molecule has 0 aliphatic carbocycles. The van der Waals surface area contributed by atoms with Crippen LogP contribution in [0.15, 0.2) is 30.3 Å². The lowest BCUT2D eigenvalue weighted by molar-refractivity contribution is -0.881. The normalized spacial score (nSPS) is 11.8. The summed E-state index contributed by atoms with van der Waals surface area (Å²) >= 11 is 0. The smallest absolute Gasteiger partial charge is 0.281 e. The summed E-state index contributed by atoms with van der Waals surface area (Å²) in [6.45, 7) is 5.87. The Morgan fingerprint density at radius 1 is 1.15 bits per heavy atom. The van der Waals surface area contributed by atoms with Crippen LogP contribution in [0.2, 0.25) is 0 Å². The fourth-order valence-electron chi connectivity index (χ4n) is 1.93. The molecule has 0 aliphatic rings. The van der Waals surface area contributed by atoms with Crippen LogP contribution in [-0.2, 0) is 9.59 Å². The summed E-state index contributed by atoms with van der Waals surface area (Å²) in [5, 5.41) is 2.76. The van der Waals surface area contributed by atoms with Gasteiger partial charge in [-0.2, -0.15) is 0 Å². The van der Waals surface area contributed by atoms with Crippen molar-refractivity contribution in [2.75, 3.05) is 38.1 Å². The monoisotopic (exact) mass is 278 g/mol. The largest absolute Gasteiger partial charge is 0.351 e. The van der Waals surface area contributed by atoms with Crippen LogP contribution in [0.4, 0.5) is 5.69 Å². The Hall–Kier alpha value is -1.88. The molecule has 0 radical (unpaired) electrons. The fraction of sp³-hybridized carbons (Fsp3) is 0.467. The summed E-state index contributed by atoms with van der Waals surface area (Å²) in [5.74, 6) is -0.00290. The van der Waals surface area contributed by atoms with Crippen molar-refractivity contribution in [3.05, 3.63) is 30.3 Å². The van der Waals surface area contributed by atoms with Crippen molar-refractivity contribution in [3.63, 3.8) is 0 Å². The number of nitrogens with one attached hydrogen (secondary N) is 2. The highest BCUT2D eigenvalue weighted by molar-refractivity contribution is 5.93. The first-order valence-electron chi connectivity index (χ1n) is 7.00. The minimum atomic E-state index is -0.0143. The molecule has 2 amide bonds. The number of benzene rings is 1. The Balaban J connectivity index is 2.56. The third-order valence-electron chi connectivity index (χ3n) is 3.20. The molecule has 5 nitrogen and oxygen atoms in total. The van der Waals surface area contributed by atoms with Gasteiger partial charge in [-0.15, -0.1) is 0 Å². The third-order valence-corrected chi connectivity index (χ3v) is 3.20. The van der Waals surface area contributed by atoms with Gasteiger partial charge in [0.05, 0.1) is 6.54 Å². The SMILES string of the molecule is CCNC(=O)C[NH+](CC)CC(=O)N(C)c1ccccc1. The number of carbonyl (C=O) groups is 2. The average Bonchev–Trinajstić information content (AvgIpc) is 2.46. The van der Waals surface area contributed by atoms with Crippen LogP contribution in [0.5, 0.6) is 0 Å². The van der Waals surface area contributed by atoms with E-state index in [-0.39, 0.29) is 11.8 Å². The maximum absolute atomic E-state index is 12.2. The number of hydrogen-bond acceptors (Lipinski definition) is 2. The molecule has 0 bridgehead atoms. The number of likely N-dealkylation sites (N-methyl/N-ethyl adjacent to an activating group) is 3. The number of hydrogen-bond donors (Lipinski definition) is 2. The molecule has 1 atom stereocenters. The van der Waals surface area contributed by atoms with E-state index < -0.39 is 0 Å². The molecule has 0 fully saturated rings. The van der Waals surface area contributed by atoms with Gasteiger partial charge >= 0.3 is 0 Å². The quantitative estimate of drug-likeness (QED) is 0.719. The van der Waals surface area contributed by atoms with E-state index in [0.717, 1.165) is 17.1 Å². The molecule has 1 aromatic rings. The molecule has 5 heteroatoms. The van der Waals surface area contributed by atoms with Crippen molar-refractivity contribution in [1.82, 2.24) is 5.32 Å². The second-order valence-electron chi connectivity index (χ2n) is 4.70. The molecular weight excluding hydrogens is 254 g/mol. The molecule has 1 rings (SSSR count). The van der Waals surface area contributed by atoms with E-state index in [2.05, 4.69) is 5.32 Å². The number of anilines is 1. The predicted octanol–water partition coefficient (Wildman–Crippen LogP) is -0.310. The highest BCUT2D eigenvalue weighted by Crippen LogP contribution is 2.10. The van der Waals surface area contributed by atoms with Crippen molar-refractivity contribution in [2.45, 2.75) is 13.8 Å². The molecule has 2 N–H and O–H groups in total. The number of amides is 2. The highest BCUT2D eigenvalue weighted by Gasteiger charge is 2.19. The van der Waals surface area contributed by atoms with Crippen LogP contribution in [0.25, 0.3) is 0 Å². The van der Waals surface area contributed by atoms with Gasteiger partial charge in [-0.05, 0) is 26.0 Å². The van der Waals surface area contributed by atoms with E-state index in [1.165, 1.54) is 0 Å². The second-order valence-corrected chi connectivity index (χ2v) is 4.70. The summed E-state index contributed by atoms with van der Waals surface area (Å²) < 4.78 is 0. The Morgan fingerprint density at radius 3 is 2.35 bits per heavy atom. The Kier molecular flexibility index (Phi) is 6.73. The predicted molar refractivity (Wildman–Crippen MR) is 79.8 cm³/mol. The number of para-hydroxylation sites is 1. The minimum Gasteiger partial charge on any atom is -0.351 e. The van der Waals surface area contributed by atoms with Crippen LogP contribution in [-0.4, -0.2) is 45.0 Å². The molecule has 1 unspecified atom stereocenters. The van der Waals surface area contributed by atoms with Crippen molar-refractivity contribution in [3.8, 4) is 0 Å². The molecule has 0 saturated carbocycles. The van der Waals surface area contributed by atoms with Gasteiger partial charge in [0, 0.05) is 19.3 Å². The number of nitrogens with zero attached hydrogens (tertiary/aromatic N) is 1. The van der Waals surface area contributed by atoms with Gasteiger partial charge < -0.3 is 15.1 Å². The first-order chi connectivity index (χ1) is 9.58. The Morgan fingerprint density at radius 2 is 1.80 bits per heavy atom. The molecular formula is C15H24N3O2+. The van der Waals surface area contributed by atoms with E-state index in [4.69, 9.17) is 0 Å². The van der Waals surface area contributed by atoms with Gasteiger partial charge in [0.25, 0.3) is 11.8 Å². The van der Waals surface area contributed by atoms with Crippen LogP contribution in [0, 0.1) is 0 Å².